The number of benzene rings is 3. The maximum Gasteiger partial charge on any atom is 0.342 e. The van der Waals surface area contributed by atoms with Crippen molar-refractivity contribution in [1.29, 1.82) is 0 Å². The molecule has 1 atom stereocenters. The van der Waals surface area contributed by atoms with Crippen LogP contribution in [0.3, 0.4) is 0 Å². The van der Waals surface area contributed by atoms with E-state index in [0.29, 0.717) is 29.5 Å². The number of amides is 1. The van der Waals surface area contributed by atoms with E-state index in [2.05, 4.69) is 17.4 Å². The quantitative estimate of drug-likeness (QED) is 0.191. The number of aromatic nitrogens is 1. The summed E-state index contributed by atoms with van der Waals surface area (Å²) in [6, 6.07) is 28.6. The second-order valence-electron chi connectivity index (χ2n) is 11.7. The van der Waals surface area contributed by atoms with E-state index in [4.69, 9.17) is 14.5 Å². The molecule has 3 aromatic carbocycles. The van der Waals surface area contributed by atoms with Gasteiger partial charge in [-0.2, -0.15) is 0 Å². The number of hydrogen-bond donors (Lipinski definition) is 1. The lowest BCUT2D eigenvalue weighted by molar-refractivity contribution is -0.122. The van der Waals surface area contributed by atoms with Gasteiger partial charge in [0, 0.05) is 29.6 Å². The van der Waals surface area contributed by atoms with Gasteiger partial charge < -0.3 is 19.7 Å². The highest BCUT2D eigenvalue weighted by Gasteiger charge is 2.31. The molecule has 1 saturated heterocycles. The average Bonchev–Trinajstić information content (AvgIpc) is 3.06. The molecule has 1 aromatic heterocycles. The second-order valence-corrected chi connectivity index (χ2v) is 11.7. The summed E-state index contributed by atoms with van der Waals surface area (Å²) in [6.07, 6.45) is 8.90. The number of rotatable bonds is 11. The molecule has 4 aromatic rings. The monoisotopic (exact) mass is 589 g/mol. The SMILES string of the molecule is O=C(OCc1ccccc1)c1ccc(N(Cc2ccc(C3CCCCC3)nc2)C(=O)[C@H]2CCN2)cc1OCc1ccccc1. The van der Waals surface area contributed by atoms with Crippen LogP contribution in [0.5, 0.6) is 5.75 Å². The standard InChI is InChI=1S/C37H39N3O4/c41-36(34-20-21-38-34)40(24-29-16-19-33(39-23-29)30-14-8-3-9-15-30)31-17-18-32(37(42)44-26-28-12-6-2-7-13-28)35(22-31)43-25-27-10-4-1-5-11-27/h1-2,4-7,10-13,16-19,22-23,30,34,38H,3,8-9,14-15,20-21,24-26H2/t34-/m1/s1. The van der Waals surface area contributed by atoms with Crippen molar-refractivity contribution in [3.8, 4) is 5.75 Å². The minimum atomic E-state index is -0.482. The molecule has 0 radical (unpaired) electrons. The normalized spacial score (nSPS) is 16.5. The summed E-state index contributed by atoms with van der Waals surface area (Å²) in [5.74, 6) is 0.397. The summed E-state index contributed by atoms with van der Waals surface area (Å²) in [6.45, 7) is 1.61. The summed E-state index contributed by atoms with van der Waals surface area (Å²) >= 11 is 0. The van der Waals surface area contributed by atoms with Crippen molar-refractivity contribution in [2.45, 2.75) is 70.2 Å². The van der Waals surface area contributed by atoms with Crippen LogP contribution in [0.25, 0.3) is 0 Å². The predicted molar refractivity (Wildman–Crippen MR) is 170 cm³/mol. The number of nitrogens with one attached hydrogen (secondary N) is 1. The Hall–Kier alpha value is -4.49. The Morgan fingerprint density at radius 1 is 0.795 bits per heavy atom. The van der Waals surface area contributed by atoms with Crippen molar-refractivity contribution in [3.05, 3.63) is 125 Å². The summed E-state index contributed by atoms with van der Waals surface area (Å²) in [5, 5.41) is 3.24. The fraction of sp³-hybridized carbons (Fsp3) is 0.324. The number of anilines is 1. The van der Waals surface area contributed by atoms with Crippen LogP contribution in [0.2, 0.25) is 0 Å². The van der Waals surface area contributed by atoms with Gasteiger partial charge in [0.1, 0.15) is 24.5 Å². The number of nitrogens with zero attached hydrogens (tertiary/aromatic N) is 2. The van der Waals surface area contributed by atoms with Crippen molar-refractivity contribution in [2.24, 2.45) is 0 Å². The fourth-order valence-electron chi connectivity index (χ4n) is 5.84. The van der Waals surface area contributed by atoms with Gasteiger partial charge >= 0.3 is 5.97 Å². The highest BCUT2D eigenvalue weighted by Crippen LogP contribution is 2.33. The minimum Gasteiger partial charge on any atom is -0.488 e. The molecule has 1 saturated carbocycles. The number of esters is 1. The third kappa shape index (κ3) is 7.34. The molecule has 7 heteroatoms. The van der Waals surface area contributed by atoms with Crippen molar-refractivity contribution >= 4 is 17.6 Å². The van der Waals surface area contributed by atoms with E-state index in [-0.39, 0.29) is 25.2 Å². The molecule has 1 aliphatic heterocycles. The van der Waals surface area contributed by atoms with Crippen LogP contribution >= 0.6 is 0 Å². The van der Waals surface area contributed by atoms with Gasteiger partial charge in [-0.25, -0.2) is 4.79 Å². The molecule has 0 unspecified atom stereocenters. The Labute approximate surface area is 259 Å². The highest BCUT2D eigenvalue weighted by molar-refractivity contribution is 5.99. The molecule has 1 N–H and O–H groups in total. The zero-order chi connectivity index (χ0) is 30.1. The van der Waals surface area contributed by atoms with Gasteiger partial charge in [0.25, 0.3) is 0 Å². The molecule has 2 heterocycles. The van der Waals surface area contributed by atoms with E-state index in [1.54, 1.807) is 23.1 Å². The Bertz CT molecular complexity index is 1530. The maximum atomic E-state index is 13.7. The fourth-order valence-corrected chi connectivity index (χ4v) is 5.84. The van der Waals surface area contributed by atoms with Crippen LogP contribution in [0.1, 0.15) is 77.2 Å². The average molecular weight is 590 g/mol. The molecule has 0 bridgehead atoms. The molecule has 226 valence electrons. The zero-order valence-electron chi connectivity index (χ0n) is 25.0. The van der Waals surface area contributed by atoms with E-state index in [0.717, 1.165) is 35.3 Å². The molecule has 1 aliphatic carbocycles. The van der Waals surface area contributed by atoms with Gasteiger partial charge in [-0.15, -0.1) is 0 Å². The lowest BCUT2D eigenvalue weighted by Gasteiger charge is -2.33. The summed E-state index contributed by atoms with van der Waals surface area (Å²) in [5.41, 5.74) is 4.93. The first-order chi connectivity index (χ1) is 21.6. The van der Waals surface area contributed by atoms with E-state index >= 15 is 0 Å². The third-order valence-electron chi connectivity index (χ3n) is 8.55. The minimum absolute atomic E-state index is 0.0129. The van der Waals surface area contributed by atoms with Gasteiger partial charge in [0.15, 0.2) is 0 Å². The van der Waals surface area contributed by atoms with Crippen molar-refractivity contribution in [2.75, 3.05) is 11.4 Å². The lowest BCUT2D eigenvalue weighted by Crippen LogP contribution is -2.54. The summed E-state index contributed by atoms with van der Waals surface area (Å²) in [4.78, 5) is 33.6. The molecule has 7 nitrogen and oxygen atoms in total. The smallest absolute Gasteiger partial charge is 0.342 e. The van der Waals surface area contributed by atoms with Crippen LogP contribution in [-0.2, 0) is 29.3 Å². The van der Waals surface area contributed by atoms with Crippen molar-refractivity contribution < 1.29 is 19.1 Å². The van der Waals surface area contributed by atoms with Crippen molar-refractivity contribution in [1.82, 2.24) is 10.3 Å². The first kappa shape index (κ1) is 29.6. The van der Waals surface area contributed by atoms with Crippen LogP contribution < -0.4 is 15.0 Å². The Morgan fingerprint density at radius 2 is 1.50 bits per heavy atom. The number of carbonyl (C=O) groups excluding carboxylic acids is 2. The Kier molecular flexibility index (Phi) is 9.63. The van der Waals surface area contributed by atoms with Crippen LogP contribution in [0.4, 0.5) is 5.69 Å². The predicted octanol–water partition coefficient (Wildman–Crippen LogP) is 6.96. The lowest BCUT2D eigenvalue weighted by atomic mass is 9.86. The van der Waals surface area contributed by atoms with Crippen LogP contribution in [-0.4, -0.2) is 29.4 Å². The molecule has 2 aliphatic rings. The van der Waals surface area contributed by atoms with E-state index in [9.17, 15) is 9.59 Å². The van der Waals surface area contributed by atoms with Gasteiger partial charge in [-0.1, -0.05) is 86.0 Å². The molecular weight excluding hydrogens is 550 g/mol. The van der Waals surface area contributed by atoms with Gasteiger partial charge in [-0.05, 0) is 60.7 Å². The van der Waals surface area contributed by atoms with E-state index in [1.807, 2.05) is 66.9 Å². The van der Waals surface area contributed by atoms with Crippen LogP contribution in [0.15, 0.2) is 97.2 Å². The number of hydrogen-bond acceptors (Lipinski definition) is 6. The molecule has 6 rings (SSSR count). The first-order valence-corrected chi connectivity index (χ1v) is 15.7. The molecular formula is C37H39N3O4. The third-order valence-corrected chi connectivity index (χ3v) is 8.55. The maximum absolute atomic E-state index is 13.7. The van der Waals surface area contributed by atoms with Gasteiger partial charge in [0.2, 0.25) is 5.91 Å². The van der Waals surface area contributed by atoms with Gasteiger partial charge in [0.05, 0.1) is 12.6 Å². The van der Waals surface area contributed by atoms with E-state index < -0.39 is 5.97 Å². The number of pyridine rings is 1. The number of carbonyl (C=O) groups is 2. The summed E-state index contributed by atoms with van der Waals surface area (Å²) in [7, 11) is 0. The molecule has 2 fully saturated rings. The molecule has 44 heavy (non-hydrogen) atoms. The Morgan fingerprint density at radius 3 is 2.14 bits per heavy atom. The molecule has 0 spiro atoms. The second kappa shape index (κ2) is 14.3. The summed E-state index contributed by atoms with van der Waals surface area (Å²) < 4.78 is 11.9. The van der Waals surface area contributed by atoms with Crippen LogP contribution in [0, 0.1) is 0 Å². The Balaban J connectivity index is 1.26. The largest absolute Gasteiger partial charge is 0.488 e. The number of ether oxygens (including phenoxy) is 2. The van der Waals surface area contributed by atoms with Crippen molar-refractivity contribution in [3.63, 3.8) is 0 Å². The zero-order valence-corrected chi connectivity index (χ0v) is 25.0. The molecule has 1 amide bonds. The van der Waals surface area contributed by atoms with E-state index in [1.165, 1.54) is 32.1 Å². The first-order valence-electron chi connectivity index (χ1n) is 15.7. The van der Waals surface area contributed by atoms with Gasteiger partial charge in [-0.3, -0.25) is 9.78 Å². The topological polar surface area (TPSA) is 80.8 Å². The highest BCUT2D eigenvalue weighted by atomic mass is 16.5.